The molecule has 0 fully saturated rings. The second-order valence-corrected chi connectivity index (χ2v) is 8.87. The van der Waals surface area contributed by atoms with E-state index in [1.807, 2.05) is 6.92 Å². The van der Waals surface area contributed by atoms with Gasteiger partial charge in [-0.2, -0.15) is 0 Å². The van der Waals surface area contributed by atoms with Gasteiger partial charge in [-0.05, 0) is 43.3 Å². The van der Waals surface area contributed by atoms with Crippen molar-refractivity contribution in [1.82, 2.24) is 14.8 Å². The van der Waals surface area contributed by atoms with Gasteiger partial charge in [0.25, 0.3) is 0 Å². The molecule has 0 aliphatic rings. The van der Waals surface area contributed by atoms with Crippen molar-refractivity contribution in [2.75, 3.05) is 25.3 Å². The monoisotopic (exact) mass is 552 g/mol. The Kier molecular flexibility index (Phi) is 9.57. The maximum absolute atomic E-state index is 12.7. The third-order valence-electron chi connectivity index (χ3n) is 4.81. The van der Waals surface area contributed by atoms with E-state index in [1.54, 1.807) is 22.8 Å². The van der Waals surface area contributed by atoms with Crippen LogP contribution in [0.5, 0.6) is 5.75 Å². The number of halogens is 2. The number of hydrogen-bond acceptors (Lipinski definition) is 9. The molecular formula is C23H22Cl2N4O6S. The number of rotatable bonds is 10. The van der Waals surface area contributed by atoms with E-state index in [4.69, 9.17) is 37.4 Å². The minimum atomic E-state index is -0.662. The molecule has 13 heteroatoms. The highest BCUT2D eigenvalue weighted by atomic mass is 35.5. The zero-order valence-corrected chi connectivity index (χ0v) is 21.9. The van der Waals surface area contributed by atoms with Gasteiger partial charge in [0.05, 0.1) is 41.8 Å². The van der Waals surface area contributed by atoms with Crippen LogP contribution in [0, 0.1) is 0 Å². The van der Waals surface area contributed by atoms with Crippen LogP contribution in [0.2, 0.25) is 10.0 Å². The molecule has 3 rings (SSSR count). The van der Waals surface area contributed by atoms with Crippen LogP contribution in [0.15, 0.2) is 41.6 Å². The van der Waals surface area contributed by atoms with Crippen LogP contribution in [0.1, 0.15) is 33.5 Å². The Labute approximate surface area is 221 Å². The molecule has 1 N–H and O–H groups in total. The van der Waals surface area contributed by atoms with Gasteiger partial charge in [0.2, 0.25) is 5.91 Å². The molecular weight excluding hydrogens is 531 g/mol. The van der Waals surface area contributed by atoms with E-state index in [1.165, 1.54) is 32.4 Å². The SMILES string of the molecule is CCn1c(COc2ccc(Cl)cc2Cl)nnc1SCC(=O)Nc1cc(C(=O)OC)ccc1C(=O)OC. The predicted octanol–water partition coefficient (Wildman–Crippen LogP) is 4.49. The highest BCUT2D eigenvalue weighted by Crippen LogP contribution is 2.28. The van der Waals surface area contributed by atoms with E-state index >= 15 is 0 Å². The average Bonchev–Trinajstić information content (AvgIpc) is 3.27. The van der Waals surface area contributed by atoms with Crippen molar-refractivity contribution in [3.8, 4) is 5.75 Å². The highest BCUT2D eigenvalue weighted by Gasteiger charge is 2.19. The third-order valence-corrected chi connectivity index (χ3v) is 6.31. The minimum absolute atomic E-state index is 0.0366. The molecule has 0 bridgehead atoms. The van der Waals surface area contributed by atoms with Gasteiger partial charge in [-0.3, -0.25) is 4.79 Å². The molecule has 10 nitrogen and oxygen atoms in total. The van der Waals surface area contributed by atoms with Crippen molar-refractivity contribution in [2.24, 2.45) is 0 Å². The Hall–Kier alpha value is -3.28. The molecule has 2 aromatic carbocycles. The van der Waals surface area contributed by atoms with Gasteiger partial charge in [-0.1, -0.05) is 35.0 Å². The van der Waals surface area contributed by atoms with Crippen LogP contribution in [-0.2, 0) is 27.4 Å². The maximum Gasteiger partial charge on any atom is 0.339 e. The fourth-order valence-electron chi connectivity index (χ4n) is 3.08. The number of anilines is 1. The predicted molar refractivity (Wildman–Crippen MR) is 135 cm³/mol. The summed E-state index contributed by atoms with van der Waals surface area (Å²) >= 11 is 13.2. The van der Waals surface area contributed by atoms with E-state index in [0.29, 0.717) is 33.3 Å². The van der Waals surface area contributed by atoms with Gasteiger partial charge in [0.15, 0.2) is 11.0 Å². The van der Waals surface area contributed by atoms with Crippen molar-refractivity contribution in [2.45, 2.75) is 25.2 Å². The van der Waals surface area contributed by atoms with E-state index < -0.39 is 17.8 Å². The lowest BCUT2D eigenvalue weighted by molar-refractivity contribution is -0.113. The number of nitrogens with one attached hydrogen (secondary N) is 1. The summed E-state index contributed by atoms with van der Waals surface area (Å²) in [5, 5.41) is 12.3. The number of carbonyl (C=O) groups is 3. The lowest BCUT2D eigenvalue weighted by atomic mass is 10.1. The smallest absolute Gasteiger partial charge is 0.339 e. The molecule has 0 unspecified atom stereocenters. The molecule has 0 radical (unpaired) electrons. The topological polar surface area (TPSA) is 122 Å². The molecule has 0 saturated carbocycles. The summed E-state index contributed by atoms with van der Waals surface area (Å²) in [6, 6.07) is 9.05. The highest BCUT2D eigenvalue weighted by molar-refractivity contribution is 7.99. The zero-order chi connectivity index (χ0) is 26.2. The molecule has 3 aromatic rings. The van der Waals surface area contributed by atoms with Crippen molar-refractivity contribution in [3.63, 3.8) is 0 Å². The van der Waals surface area contributed by atoms with Crippen LogP contribution in [0.25, 0.3) is 0 Å². The summed E-state index contributed by atoms with van der Waals surface area (Å²) in [5.74, 6) is -0.734. The maximum atomic E-state index is 12.7. The van der Waals surface area contributed by atoms with Gasteiger partial charge in [0, 0.05) is 11.6 Å². The largest absolute Gasteiger partial charge is 0.484 e. The molecule has 36 heavy (non-hydrogen) atoms. The van der Waals surface area contributed by atoms with E-state index in [-0.39, 0.29) is 29.2 Å². The number of benzene rings is 2. The minimum Gasteiger partial charge on any atom is -0.484 e. The summed E-state index contributed by atoms with van der Waals surface area (Å²) in [6.45, 7) is 2.56. The molecule has 1 heterocycles. The number of thioether (sulfide) groups is 1. The fraction of sp³-hybridized carbons (Fsp3) is 0.261. The number of aromatic nitrogens is 3. The number of hydrogen-bond donors (Lipinski definition) is 1. The second kappa shape index (κ2) is 12.6. The molecule has 0 spiro atoms. The number of amides is 1. The van der Waals surface area contributed by atoms with Gasteiger partial charge < -0.3 is 24.1 Å². The first-order valence-corrected chi connectivity index (χ1v) is 12.2. The summed E-state index contributed by atoms with van der Waals surface area (Å²) in [5.41, 5.74) is 0.394. The summed E-state index contributed by atoms with van der Waals surface area (Å²) in [4.78, 5) is 36.6. The van der Waals surface area contributed by atoms with Crippen LogP contribution in [0.3, 0.4) is 0 Å². The lowest BCUT2D eigenvalue weighted by Gasteiger charge is -2.12. The number of carbonyl (C=O) groups excluding carboxylic acids is 3. The number of esters is 2. The average molecular weight is 553 g/mol. The molecule has 0 aliphatic carbocycles. The fourth-order valence-corrected chi connectivity index (χ4v) is 4.37. The van der Waals surface area contributed by atoms with Gasteiger partial charge in [-0.25, -0.2) is 9.59 Å². The van der Waals surface area contributed by atoms with E-state index in [0.717, 1.165) is 11.8 Å². The lowest BCUT2D eigenvalue weighted by Crippen LogP contribution is -2.18. The first-order valence-electron chi connectivity index (χ1n) is 10.5. The number of nitrogens with zero attached hydrogens (tertiary/aromatic N) is 3. The molecule has 0 aliphatic heterocycles. The number of ether oxygens (including phenoxy) is 3. The number of methoxy groups -OCH3 is 2. The van der Waals surface area contributed by atoms with Crippen molar-refractivity contribution in [3.05, 3.63) is 63.4 Å². The van der Waals surface area contributed by atoms with E-state index in [9.17, 15) is 14.4 Å². The van der Waals surface area contributed by atoms with Crippen LogP contribution >= 0.6 is 35.0 Å². The van der Waals surface area contributed by atoms with Crippen LogP contribution < -0.4 is 10.1 Å². The standard InChI is InChI=1S/C23H22Cl2N4O6S/c1-4-29-19(11-35-18-8-6-14(24)10-16(18)25)27-28-23(29)36-12-20(30)26-17-9-13(21(31)33-2)5-7-15(17)22(32)34-3/h5-10H,4,11-12H2,1-3H3,(H,26,30). The molecule has 0 saturated heterocycles. The zero-order valence-electron chi connectivity index (χ0n) is 19.5. The van der Waals surface area contributed by atoms with Crippen LogP contribution in [0.4, 0.5) is 5.69 Å². The van der Waals surface area contributed by atoms with Crippen LogP contribution in [-0.4, -0.2) is 52.6 Å². The Morgan fingerprint density at radius 1 is 1.03 bits per heavy atom. The van der Waals surface area contributed by atoms with E-state index in [2.05, 4.69) is 15.5 Å². The summed E-state index contributed by atoms with van der Waals surface area (Å²) in [7, 11) is 2.45. The van der Waals surface area contributed by atoms with Crippen molar-refractivity contribution >= 4 is 58.5 Å². The van der Waals surface area contributed by atoms with Gasteiger partial charge in [-0.15, -0.1) is 10.2 Å². The second-order valence-electron chi connectivity index (χ2n) is 7.09. The van der Waals surface area contributed by atoms with Crippen molar-refractivity contribution in [1.29, 1.82) is 0 Å². The first-order chi connectivity index (χ1) is 17.3. The molecule has 190 valence electrons. The van der Waals surface area contributed by atoms with Gasteiger partial charge in [0.1, 0.15) is 12.4 Å². The Bertz CT molecular complexity index is 1280. The summed E-state index contributed by atoms with van der Waals surface area (Å²) < 4.78 is 17.0. The molecule has 1 aromatic heterocycles. The normalized spacial score (nSPS) is 10.6. The Balaban J connectivity index is 1.68. The van der Waals surface area contributed by atoms with Crippen molar-refractivity contribution < 1.29 is 28.6 Å². The Morgan fingerprint density at radius 2 is 1.78 bits per heavy atom. The quantitative estimate of drug-likeness (QED) is 0.286. The third kappa shape index (κ3) is 6.68. The molecule has 0 atom stereocenters. The van der Waals surface area contributed by atoms with Gasteiger partial charge >= 0.3 is 11.9 Å². The molecule has 1 amide bonds. The Morgan fingerprint density at radius 3 is 2.44 bits per heavy atom. The first kappa shape index (κ1) is 27.3. The summed E-state index contributed by atoms with van der Waals surface area (Å²) in [6.07, 6.45) is 0.